The second-order valence-electron chi connectivity index (χ2n) is 5.08. The van der Waals surface area contributed by atoms with Gasteiger partial charge in [-0.1, -0.05) is 6.42 Å². The highest BCUT2D eigenvalue weighted by atomic mass is 15.2. The Balaban J connectivity index is 1.77. The number of nitrogens with zero attached hydrogens (tertiary/aromatic N) is 1. The fourth-order valence-electron chi connectivity index (χ4n) is 3.61. The van der Waals surface area contributed by atoms with Crippen LogP contribution >= 0.6 is 0 Å². The quantitative estimate of drug-likeness (QED) is 0.600. The van der Waals surface area contributed by atoms with E-state index in [0.717, 1.165) is 17.9 Å². The molecule has 3 aliphatic heterocycles. The first-order valence-electron chi connectivity index (χ1n) is 5.88. The minimum Gasteiger partial charge on any atom is -0.316 e. The zero-order chi connectivity index (χ0) is 8.67. The number of hydrogen-bond donors (Lipinski definition) is 1. The maximum Gasteiger partial charge on any atom is 0.0136 e. The van der Waals surface area contributed by atoms with Crippen LogP contribution in [-0.4, -0.2) is 37.1 Å². The summed E-state index contributed by atoms with van der Waals surface area (Å²) in [5.74, 6) is 1.95. The molecule has 3 atom stereocenters. The van der Waals surface area contributed by atoms with Crippen molar-refractivity contribution in [1.29, 1.82) is 0 Å². The first kappa shape index (κ1) is 8.25. The van der Waals surface area contributed by atoms with E-state index in [1.54, 1.807) is 0 Å². The fourth-order valence-corrected chi connectivity index (χ4v) is 3.61. The summed E-state index contributed by atoms with van der Waals surface area (Å²) in [6.07, 6.45) is 5.90. The minimum absolute atomic E-state index is 0.942. The Morgan fingerprint density at radius 3 is 3.15 bits per heavy atom. The third-order valence-electron chi connectivity index (χ3n) is 4.18. The lowest BCUT2D eigenvalue weighted by molar-refractivity contribution is 0.0109. The van der Waals surface area contributed by atoms with Crippen LogP contribution in [0.4, 0.5) is 0 Å². The van der Waals surface area contributed by atoms with Gasteiger partial charge in [0.05, 0.1) is 0 Å². The van der Waals surface area contributed by atoms with Crippen molar-refractivity contribution in [3.8, 4) is 0 Å². The molecule has 1 N–H and O–H groups in total. The Morgan fingerprint density at radius 1 is 1.15 bits per heavy atom. The molecular formula is C11H20N2. The van der Waals surface area contributed by atoms with Crippen LogP contribution in [0.3, 0.4) is 0 Å². The molecule has 3 heterocycles. The molecule has 0 unspecified atom stereocenters. The van der Waals surface area contributed by atoms with Gasteiger partial charge in [0.25, 0.3) is 0 Å². The van der Waals surface area contributed by atoms with Gasteiger partial charge in [0.1, 0.15) is 0 Å². The van der Waals surface area contributed by atoms with Gasteiger partial charge in [-0.2, -0.15) is 0 Å². The first-order valence-corrected chi connectivity index (χ1v) is 5.88. The van der Waals surface area contributed by atoms with Crippen LogP contribution in [0.1, 0.15) is 25.7 Å². The molecule has 3 rings (SSSR count). The summed E-state index contributed by atoms with van der Waals surface area (Å²) in [5, 5.41) is 3.59. The van der Waals surface area contributed by atoms with Crippen molar-refractivity contribution in [3.63, 3.8) is 0 Å². The highest BCUT2D eigenvalue weighted by molar-refractivity contribution is 4.94. The summed E-state index contributed by atoms with van der Waals surface area (Å²) in [7, 11) is 0. The largest absolute Gasteiger partial charge is 0.316 e. The predicted molar refractivity (Wildman–Crippen MR) is 53.7 cm³/mol. The second kappa shape index (κ2) is 3.25. The van der Waals surface area contributed by atoms with Crippen LogP contribution in [0.5, 0.6) is 0 Å². The van der Waals surface area contributed by atoms with Gasteiger partial charge < -0.3 is 5.32 Å². The van der Waals surface area contributed by atoms with Crippen molar-refractivity contribution in [1.82, 2.24) is 10.2 Å². The third-order valence-corrected chi connectivity index (χ3v) is 4.18. The lowest BCUT2D eigenvalue weighted by Gasteiger charge is -2.50. The van der Waals surface area contributed by atoms with E-state index in [0.29, 0.717) is 0 Å². The van der Waals surface area contributed by atoms with Gasteiger partial charge in [-0.05, 0) is 50.7 Å². The molecule has 0 aromatic carbocycles. The lowest BCUT2D eigenvalue weighted by atomic mass is 9.77. The summed E-state index contributed by atoms with van der Waals surface area (Å²) >= 11 is 0. The maximum absolute atomic E-state index is 3.59. The average Bonchev–Trinajstić information content (AvgIpc) is 2.18. The Hall–Kier alpha value is -0.0800. The standard InChI is InChI=1S/C11H20N2/c1-2-4-13-8-9-5-10(7-12-6-9)11(13)3-1/h9-12H,1-8H2/t9-,10-,11-/m0/s1. The molecule has 0 aromatic rings. The van der Waals surface area contributed by atoms with Crippen molar-refractivity contribution in [2.45, 2.75) is 31.7 Å². The number of nitrogens with one attached hydrogen (secondary N) is 1. The van der Waals surface area contributed by atoms with Crippen LogP contribution in [0.25, 0.3) is 0 Å². The zero-order valence-corrected chi connectivity index (χ0v) is 8.34. The lowest BCUT2D eigenvalue weighted by Crippen LogP contribution is -2.58. The normalized spacial score (nSPS) is 45.7. The van der Waals surface area contributed by atoms with Crippen LogP contribution in [-0.2, 0) is 0 Å². The van der Waals surface area contributed by atoms with Gasteiger partial charge in [-0.3, -0.25) is 4.90 Å². The molecule has 0 spiro atoms. The molecule has 3 aliphatic rings. The smallest absolute Gasteiger partial charge is 0.0136 e. The number of fused-ring (bicyclic) bond motifs is 4. The van der Waals surface area contributed by atoms with Gasteiger partial charge >= 0.3 is 0 Å². The molecule has 0 aliphatic carbocycles. The molecule has 0 aromatic heterocycles. The van der Waals surface area contributed by atoms with Gasteiger partial charge in [0.2, 0.25) is 0 Å². The topological polar surface area (TPSA) is 15.3 Å². The van der Waals surface area contributed by atoms with E-state index in [9.17, 15) is 0 Å². The van der Waals surface area contributed by atoms with Gasteiger partial charge in [-0.15, -0.1) is 0 Å². The maximum atomic E-state index is 3.59. The van der Waals surface area contributed by atoms with E-state index in [-0.39, 0.29) is 0 Å². The summed E-state index contributed by atoms with van der Waals surface area (Å²) in [5.41, 5.74) is 0. The molecular weight excluding hydrogens is 160 g/mol. The van der Waals surface area contributed by atoms with E-state index in [2.05, 4.69) is 10.2 Å². The number of rotatable bonds is 0. The van der Waals surface area contributed by atoms with Gasteiger partial charge in [0.15, 0.2) is 0 Å². The Bertz CT molecular complexity index is 189. The molecule has 74 valence electrons. The highest BCUT2D eigenvalue weighted by Crippen LogP contribution is 2.34. The van der Waals surface area contributed by atoms with E-state index in [4.69, 9.17) is 0 Å². The third kappa shape index (κ3) is 1.40. The van der Waals surface area contributed by atoms with Crippen molar-refractivity contribution < 1.29 is 0 Å². The molecule has 2 bridgehead atoms. The van der Waals surface area contributed by atoms with E-state index < -0.39 is 0 Å². The number of piperidine rings is 3. The van der Waals surface area contributed by atoms with E-state index in [1.165, 1.54) is 51.9 Å². The number of hydrogen-bond acceptors (Lipinski definition) is 2. The van der Waals surface area contributed by atoms with Crippen LogP contribution in [0.2, 0.25) is 0 Å². The average molecular weight is 180 g/mol. The van der Waals surface area contributed by atoms with Crippen LogP contribution < -0.4 is 5.32 Å². The molecule has 0 radical (unpaired) electrons. The van der Waals surface area contributed by atoms with Gasteiger partial charge in [0, 0.05) is 12.6 Å². The molecule has 0 amide bonds. The molecule has 0 saturated carbocycles. The fraction of sp³-hybridized carbons (Fsp3) is 1.00. The molecule has 3 saturated heterocycles. The predicted octanol–water partition coefficient (Wildman–Crippen LogP) is 1.08. The Morgan fingerprint density at radius 2 is 2.15 bits per heavy atom. The summed E-state index contributed by atoms with van der Waals surface area (Å²) in [6, 6.07) is 0.942. The highest BCUT2D eigenvalue weighted by Gasteiger charge is 2.38. The first-order chi connectivity index (χ1) is 6.43. The van der Waals surface area contributed by atoms with Crippen molar-refractivity contribution in [2.24, 2.45) is 11.8 Å². The molecule has 13 heavy (non-hydrogen) atoms. The second-order valence-corrected chi connectivity index (χ2v) is 5.08. The van der Waals surface area contributed by atoms with Crippen molar-refractivity contribution in [2.75, 3.05) is 26.2 Å². The SMILES string of the molecule is C1CCN2C[C@@H]3CNC[C@H](C3)[C@@H]2C1. The zero-order valence-electron chi connectivity index (χ0n) is 8.34. The molecule has 3 fully saturated rings. The summed E-state index contributed by atoms with van der Waals surface area (Å²) in [4.78, 5) is 2.78. The Labute approximate surface area is 80.7 Å². The molecule has 2 heteroatoms. The summed E-state index contributed by atoms with van der Waals surface area (Å²) in [6.45, 7) is 5.34. The van der Waals surface area contributed by atoms with Crippen LogP contribution in [0, 0.1) is 11.8 Å². The molecule has 2 nitrogen and oxygen atoms in total. The van der Waals surface area contributed by atoms with Gasteiger partial charge in [-0.25, -0.2) is 0 Å². The summed E-state index contributed by atoms with van der Waals surface area (Å²) < 4.78 is 0. The van der Waals surface area contributed by atoms with Crippen LogP contribution in [0.15, 0.2) is 0 Å². The monoisotopic (exact) mass is 180 g/mol. The minimum atomic E-state index is 0.942. The van der Waals surface area contributed by atoms with Crippen molar-refractivity contribution >= 4 is 0 Å². The van der Waals surface area contributed by atoms with Crippen molar-refractivity contribution in [3.05, 3.63) is 0 Å². The van der Waals surface area contributed by atoms with E-state index >= 15 is 0 Å². The van der Waals surface area contributed by atoms with E-state index in [1.807, 2.05) is 0 Å². The Kier molecular flexibility index (Phi) is 2.06.